The summed E-state index contributed by atoms with van der Waals surface area (Å²) in [6.45, 7) is 3.79. The van der Waals surface area contributed by atoms with E-state index in [0.717, 1.165) is 0 Å². The predicted molar refractivity (Wildman–Crippen MR) is 73.9 cm³/mol. The Morgan fingerprint density at radius 2 is 1.95 bits per heavy atom. The molecule has 5 N–H and O–H groups in total. The molecule has 0 unspecified atom stereocenters. The van der Waals surface area contributed by atoms with Crippen molar-refractivity contribution in [1.82, 2.24) is 5.32 Å². The van der Waals surface area contributed by atoms with Crippen LogP contribution in [-0.4, -0.2) is 23.1 Å². The fraction of sp³-hybridized carbons (Fsp3) is 0.385. The molecule has 0 aromatic heterocycles. The van der Waals surface area contributed by atoms with E-state index in [0.29, 0.717) is 17.8 Å². The third-order valence-electron chi connectivity index (χ3n) is 2.52. The molecular weight excluding hydrogens is 246 g/mol. The number of hydrogen-bond acceptors (Lipinski definition) is 3. The molecule has 0 fully saturated rings. The molecule has 1 aromatic rings. The minimum atomic E-state index is -1.05. The summed E-state index contributed by atoms with van der Waals surface area (Å²) in [5.74, 6) is -0.881. The van der Waals surface area contributed by atoms with Crippen LogP contribution in [0.15, 0.2) is 24.3 Å². The lowest BCUT2D eigenvalue weighted by Gasteiger charge is -2.17. The van der Waals surface area contributed by atoms with Gasteiger partial charge in [-0.2, -0.15) is 0 Å². The van der Waals surface area contributed by atoms with E-state index in [1.165, 1.54) is 0 Å². The van der Waals surface area contributed by atoms with Gasteiger partial charge < -0.3 is 21.5 Å². The number of rotatable bonds is 5. The fourth-order valence-corrected chi connectivity index (χ4v) is 1.62. The van der Waals surface area contributed by atoms with Crippen molar-refractivity contribution in [3.8, 4) is 0 Å². The van der Waals surface area contributed by atoms with Crippen LogP contribution in [0.3, 0.4) is 0 Å². The first-order chi connectivity index (χ1) is 8.90. The van der Waals surface area contributed by atoms with Crippen molar-refractivity contribution < 1.29 is 14.7 Å². The summed E-state index contributed by atoms with van der Waals surface area (Å²) in [5.41, 5.74) is 6.56. The van der Waals surface area contributed by atoms with E-state index in [9.17, 15) is 9.59 Å². The SMILES string of the molecule is CC(C)C[C@H](NC(=O)Nc1ccccc1N)C(=O)O. The fourth-order valence-electron chi connectivity index (χ4n) is 1.62. The van der Waals surface area contributed by atoms with E-state index in [4.69, 9.17) is 10.8 Å². The molecule has 1 aromatic carbocycles. The van der Waals surface area contributed by atoms with Crippen LogP contribution >= 0.6 is 0 Å². The van der Waals surface area contributed by atoms with E-state index < -0.39 is 18.0 Å². The average molecular weight is 265 g/mol. The molecule has 1 rings (SSSR count). The van der Waals surface area contributed by atoms with Crippen molar-refractivity contribution in [2.24, 2.45) is 5.92 Å². The Morgan fingerprint density at radius 3 is 2.47 bits per heavy atom. The van der Waals surface area contributed by atoms with Crippen molar-refractivity contribution in [2.75, 3.05) is 11.1 Å². The van der Waals surface area contributed by atoms with E-state index in [-0.39, 0.29) is 5.92 Å². The van der Waals surface area contributed by atoms with E-state index in [1.807, 2.05) is 13.8 Å². The Kier molecular flexibility index (Phi) is 5.17. The highest BCUT2D eigenvalue weighted by atomic mass is 16.4. The predicted octanol–water partition coefficient (Wildman–Crippen LogP) is 1.89. The summed E-state index contributed by atoms with van der Waals surface area (Å²) in [5, 5.41) is 14.0. The van der Waals surface area contributed by atoms with E-state index >= 15 is 0 Å². The van der Waals surface area contributed by atoms with Gasteiger partial charge in [0.2, 0.25) is 0 Å². The molecule has 0 aliphatic rings. The maximum atomic E-state index is 11.7. The summed E-state index contributed by atoms with van der Waals surface area (Å²) >= 11 is 0. The van der Waals surface area contributed by atoms with Gasteiger partial charge in [0.15, 0.2) is 0 Å². The number of urea groups is 1. The zero-order valence-corrected chi connectivity index (χ0v) is 11.0. The number of anilines is 2. The number of amides is 2. The number of carbonyl (C=O) groups excluding carboxylic acids is 1. The highest BCUT2D eigenvalue weighted by molar-refractivity contribution is 5.94. The van der Waals surface area contributed by atoms with Crippen LogP contribution in [0.25, 0.3) is 0 Å². The molecule has 0 saturated heterocycles. The Bertz CT molecular complexity index is 460. The van der Waals surface area contributed by atoms with Gasteiger partial charge in [0.1, 0.15) is 6.04 Å². The molecule has 0 bridgehead atoms. The van der Waals surface area contributed by atoms with Gasteiger partial charge in [-0.15, -0.1) is 0 Å². The molecule has 0 aliphatic carbocycles. The maximum absolute atomic E-state index is 11.7. The van der Waals surface area contributed by atoms with Crippen LogP contribution in [0.2, 0.25) is 0 Å². The summed E-state index contributed by atoms with van der Waals surface area (Å²) < 4.78 is 0. The van der Waals surface area contributed by atoms with Crippen LogP contribution in [-0.2, 0) is 4.79 Å². The van der Waals surface area contributed by atoms with E-state index in [2.05, 4.69) is 10.6 Å². The van der Waals surface area contributed by atoms with Crippen LogP contribution in [0, 0.1) is 5.92 Å². The quantitative estimate of drug-likeness (QED) is 0.610. The molecule has 6 heteroatoms. The Hall–Kier alpha value is -2.24. The van der Waals surface area contributed by atoms with Gasteiger partial charge in [-0.3, -0.25) is 0 Å². The number of carboxylic acid groups (broad SMARTS) is 1. The molecular formula is C13H19N3O3. The molecule has 0 radical (unpaired) electrons. The second-order valence-electron chi connectivity index (χ2n) is 4.71. The standard InChI is InChI=1S/C13H19N3O3/c1-8(2)7-11(12(17)18)16-13(19)15-10-6-4-3-5-9(10)14/h3-6,8,11H,7,14H2,1-2H3,(H,17,18)(H2,15,16,19)/t11-/m0/s1. The molecule has 0 aliphatic heterocycles. The van der Waals surface area contributed by atoms with Gasteiger partial charge in [-0.1, -0.05) is 26.0 Å². The lowest BCUT2D eigenvalue weighted by atomic mass is 10.0. The van der Waals surface area contributed by atoms with Gasteiger partial charge in [0.05, 0.1) is 11.4 Å². The average Bonchev–Trinajstić information content (AvgIpc) is 2.30. The number of para-hydroxylation sites is 2. The number of carboxylic acids is 1. The Morgan fingerprint density at radius 1 is 1.32 bits per heavy atom. The van der Waals surface area contributed by atoms with Gasteiger partial charge in [0.25, 0.3) is 0 Å². The van der Waals surface area contributed by atoms with Crippen molar-refractivity contribution in [3.63, 3.8) is 0 Å². The zero-order valence-electron chi connectivity index (χ0n) is 11.0. The van der Waals surface area contributed by atoms with Crippen LogP contribution < -0.4 is 16.4 Å². The summed E-state index contributed by atoms with van der Waals surface area (Å²) in [6.07, 6.45) is 0.368. The van der Waals surface area contributed by atoms with Crippen molar-refractivity contribution in [3.05, 3.63) is 24.3 Å². The number of hydrogen-bond donors (Lipinski definition) is 4. The second-order valence-corrected chi connectivity index (χ2v) is 4.71. The summed E-state index contributed by atoms with van der Waals surface area (Å²) in [6, 6.07) is 5.29. The number of nitrogens with one attached hydrogen (secondary N) is 2. The second kappa shape index (κ2) is 6.63. The summed E-state index contributed by atoms with van der Waals surface area (Å²) in [7, 11) is 0. The number of aliphatic carboxylic acids is 1. The molecule has 2 amide bonds. The largest absolute Gasteiger partial charge is 0.480 e. The third-order valence-corrected chi connectivity index (χ3v) is 2.52. The van der Waals surface area contributed by atoms with Gasteiger partial charge in [-0.25, -0.2) is 9.59 Å². The topological polar surface area (TPSA) is 104 Å². The molecule has 6 nitrogen and oxygen atoms in total. The lowest BCUT2D eigenvalue weighted by Crippen LogP contribution is -2.43. The highest BCUT2D eigenvalue weighted by Gasteiger charge is 2.21. The normalized spacial score (nSPS) is 11.9. The lowest BCUT2D eigenvalue weighted by molar-refractivity contribution is -0.139. The molecule has 0 spiro atoms. The number of nitrogen functional groups attached to an aromatic ring is 1. The first-order valence-corrected chi connectivity index (χ1v) is 6.05. The highest BCUT2D eigenvalue weighted by Crippen LogP contribution is 2.16. The molecule has 104 valence electrons. The number of benzene rings is 1. The van der Waals surface area contributed by atoms with E-state index in [1.54, 1.807) is 24.3 Å². The number of nitrogens with two attached hydrogens (primary N) is 1. The maximum Gasteiger partial charge on any atom is 0.326 e. The third kappa shape index (κ3) is 4.87. The van der Waals surface area contributed by atoms with Crippen molar-refractivity contribution in [2.45, 2.75) is 26.3 Å². The van der Waals surface area contributed by atoms with Crippen molar-refractivity contribution in [1.29, 1.82) is 0 Å². The minimum Gasteiger partial charge on any atom is -0.480 e. The van der Waals surface area contributed by atoms with Gasteiger partial charge in [-0.05, 0) is 24.5 Å². The first-order valence-electron chi connectivity index (χ1n) is 6.05. The van der Waals surface area contributed by atoms with Crippen molar-refractivity contribution >= 4 is 23.4 Å². The molecule has 19 heavy (non-hydrogen) atoms. The first kappa shape index (κ1) is 14.8. The Balaban J connectivity index is 2.63. The Labute approximate surface area is 112 Å². The minimum absolute atomic E-state index is 0.170. The van der Waals surface area contributed by atoms with Gasteiger partial charge in [0, 0.05) is 0 Å². The van der Waals surface area contributed by atoms with Crippen LogP contribution in [0.1, 0.15) is 20.3 Å². The van der Waals surface area contributed by atoms with Crippen LogP contribution in [0.4, 0.5) is 16.2 Å². The summed E-state index contributed by atoms with van der Waals surface area (Å²) in [4.78, 5) is 22.7. The zero-order chi connectivity index (χ0) is 14.4. The van der Waals surface area contributed by atoms with Crippen LogP contribution in [0.5, 0.6) is 0 Å². The molecule has 1 atom stereocenters. The monoisotopic (exact) mass is 265 g/mol. The van der Waals surface area contributed by atoms with Gasteiger partial charge >= 0.3 is 12.0 Å². The molecule has 0 saturated carbocycles. The number of carbonyl (C=O) groups is 2. The molecule has 0 heterocycles. The smallest absolute Gasteiger partial charge is 0.326 e.